The number of carbonyl (C=O) groups excluding carboxylic acids is 1. The summed E-state index contributed by atoms with van der Waals surface area (Å²) in [6.07, 6.45) is 3.37. The Balaban J connectivity index is 1.54. The number of nitrogens with zero attached hydrogens (tertiary/aromatic N) is 1. The van der Waals surface area contributed by atoms with E-state index in [-0.39, 0.29) is 11.9 Å². The largest absolute Gasteiger partial charge is 0.494 e. The van der Waals surface area contributed by atoms with Crippen molar-refractivity contribution in [2.45, 2.75) is 52.0 Å². The van der Waals surface area contributed by atoms with Crippen LogP contribution in [0.1, 0.15) is 63.1 Å². The zero-order valence-electron chi connectivity index (χ0n) is 17.3. The van der Waals surface area contributed by atoms with Crippen LogP contribution in [0.5, 0.6) is 5.75 Å². The number of carbonyl (C=O) groups is 1. The highest BCUT2D eigenvalue weighted by Gasteiger charge is 2.21. The molecule has 1 unspecified atom stereocenters. The van der Waals surface area contributed by atoms with Crippen molar-refractivity contribution in [3.05, 3.63) is 59.7 Å². The van der Waals surface area contributed by atoms with Crippen molar-refractivity contribution in [3.63, 3.8) is 0 Å². The van der Waals surface area contributed by atoms with Crippen molar-refractivity contribution in [1.29, 1.82) is 0 Å². The van der Waals surface area contributed by atoms with Crippen molar-refractivity contribution in [2.24, 2.45) is 0 Å². The highest BCUT2D eigenvalue weighted by Crippen LogP contribution is 2.31. The van der Waals surface area contributed by atoms with E-state index in [1.54, 1.807) is 6.92 Å². The van der Waals surface area contributed by atoms with Crippen molar-refractivity contribution in [2.75, 3.05) is 24.6 Å². The SMILES string of the molecule is CCCOc1ccc(C2CCN(c3ccc(C(C)NC(C)=O)cc3)CC2)cc1. The van der Waals surface area contributed by atoms with Gasteiger partial charge >= 0.3 is 0 Å². The van der Waals surface area contributed by atoms with Gasteiger partial charge in [-0.15, -0.1) is 0 Å². The molecule has 1 amide bonds. The molecule has 0 saturated carbocycles. The number of hydrogen-bond donors (Lipinski definition) is 1. The fraction of sp³-hybridized carbons (Fsp3) is 0.458. The van der Waals surface area contributed by atoms with Crippen LogP contribution < -0.4 is 15.0 Å². The number of piperidine rings is 1. The summed E-state index contributed by atoms with van der Waals surface area (Å²) in [6.45, 7) is 8.61. The van der Waals surface area contributed by atoms with E-state index in [4.69, 9.17) is 4.74 Å². The lowest BCUT2D eigenvalue weighted by atomic mass is 9.89. The van der Waals surface area contributed by atoms with E-state index in [2.05, 4.69) is 65.7 Å². The van der Waals surface area contributed by atoms with Gasteiger partial charge in [0.2, 0.25) is 5.91 Å². The molecule has 1 aliphatic heterocycles. The van der Waals surface area contributed by atoms with Crippen molar-refractivity contribution >= 4 is 11.6 Å². The Bertz CT molecular complexity index is 747. The highest BCUT2D eigenvalue weighted by atomic mass is 16.5. The molecule has 3 rings (SSSR count). The van der Waals surface area contributed by atoms with Crippen LogP contribution >= 0.6 is 0 Å². The summed E-state index contributed by atoms with van der Waals surface area (Å²) in [5.74, 6) is 1.59. The van der Waals surface area contributed by atoms with Gasteiger partial charge < -0.3 is 15.0 Å². The van der Waals surface area contributed by atoms with Gasteiger partial charge in [-0.05, 0) is 67.5 Å². The molecule has 4 nitrogen and oxygen atoms in total. The Kier molecular flexibility index (Phi) is 6.96. The molecular weight excluding hydrogens is 348 g/mol. The molecule has 1 heterocycles. The van der Waals surface area contributed by atoms with Gasteiger partial charge in [-0.3, -0.25) is 4.79 Å². The van der Waals surface area contributed by atoms with Crippen LogP contribution in [0.4, 0.5) is 5.69 Å². The fourth-order valence-electron chi connectivity index (χ4n) is 3.89. The van der Waals surface area contributed by atoms with Gasteiger partial charge in [-0.1, -0.05) is 31.2 Å². The number of hydrogen-bond acceptors (Lipinski definition) is 3. The van der Waals surface area contributed by atoms with Gasteiger partial charge in [0.1, 0.15) is 5.75 Å². The van der Waals surface area contributed by atoms with Gasteiger partial charge in [0.25, 0.3) is 0 Å². The molecular formula is C24H32N2O2. The predicted molar refractivity (Wildman–Crippen MR) is 115 cm³/mol. The molecule has 28 heavy (non-hydrogen) atoms. The number of rotatable bonds is 7. The maximum Gasteiger partial charge on any atom is 0.217 e. The quantitative estimate of drug-likeness (QED) is 0.730. The first-order valence-electron chi connectivity index (χ1n) is 10.4. The zero-order valence-corrected chi connectivity index (χ0v) is 17.3. The molecule has 2 aromatic rings. The van der Waals surface area contributed by atoms with E-state index in [0.29, 0.717) is 5.92 Å². The standard InChI is InChI=1S/C24H32N2O2/c1-4-17-28-24-11-7-21(8-12-24)22-13-15-26(16-14-22)23-9-5-20(6-10-23)18(2)25-19(3)27/h5-12,18,22H,4,13-17H2,1-3H3,(H,25,27). The number of ether oxygens (including phenoxy) is 1. The normalized spacial score (nSPS) is 15.9. The van der Waals surface area contributed by atoms with Crippen LogP contribution in [0, 0.1) is 0 Å². The third kappa shape index (κ3) is 5.28. The maximum absolute atomic E-state index is 11.2. The van der Waals surface area contributed by atoms with Crippen molar-refractivity contribution < 1.29 is 9.53 Å². The summed E-state index contributed by atoms with van der Waals surface area (Å²) in [5, 5.41) is 2.94. The molecule has 0 spiro atoms. The molecule has 1 aliphatic rings. The summed E-state index contributed by atoms with van der Waals surface area (Å²) < 4.78 is 5.69. The molecule has 1 N–H and O–H groups in total. The van der Waals surface area contributed by atoms with Gasteiger partial charge in [0, 0.05) is 25.7 Å². The third-order valence-corrected chi connectivity index (χ3v) is 5.50. The summed E-state index contributed by atoms with van der Waals surface area (Å²) >= 11 is 0. The number of nitrogens with one attached hydrogen (secondary N) is 1. The summed E-state index contributed by atoms with van der Waals surface area (Å²) in [6, 6.07) is 17.3. The molecule has 1 fully saturated rings. The molecule has 4 heteroatoms. The minimum absolute atomic E-state index is 0.00334. The number of anilines is 1. The van der Waals surface area contributed by atoms with Crippen LogP contribution in [-0.4, -0.2) is 25.6 Å². The lowest BCUT2D eigenvalue weighted by Crippen LogP contribution is -2.32. The number of amides is 1. The van der Waals surface area contributed by atoms with Crippen LogP contribution in [0.3, 0.4) is 0 Å². The van der Waals surface area contributed by atoms with E-state index in [1.807, 2.05) is 6.92 Å². The minimum atomic E-state index is 0.00334. The molecule has 0 aliphatic carbocycles. The van der Waals surface area contributed by atoms with Crippen LogP contribution in [0.15, 0.2) is 48.5 Å². The van der Waals surface area contributed by atoms with E-state index in [9.17, 15) is 4.79 Å². The van der Waals surface area contributed by atoms with Gasteiger partial charge in [0.05, 0.1) is 12.6 Å². The van der Waals surface area contributed by atoms with Gasteiger partial charge in [-0.2, -0.15) is 0 Å². The second-order valence-corrected chi connectivity index (χ2v) is 7.69. The first-order chi connectivity index (χ1) is 13.6. The third-order valence-electron chi connectivity index (χ3n) is 5.50. The topological polar surface area (TPSA) is 41.6 Å². The Labute approximate surface area is 168 Å². The monoisotopic (exact) mass is 380 g/mol. The second kappa shape index (κ2) is 9.63. The maximum atomic E-state index is 11.2. The van der Waals surface area contributed by atoms with Crippen LogP contribution in [-0.2, 0) is 4.79 Å². The Morgan fingerprint density at radius 3 is 2.32 bits per heavy atom. The predicted octanol–water partition coefficient (Wildman–Crippen LogP) is 5.06. The number of benzene rings is 2. The lowest BCUT2D eigenvalue weighted by molar-refractivity contribution is -0.119. The summed E-state index contributed by atoms with van der Waals surface area (Å²) in [4.78, 5) is 13.7. The molecule has 150 valence electrons. The van der Waals surface area contributed by atoms with E-state index < -0.39 is 0 Å². The average molecular weight is 381 g/mol. The molecule has 1 saturated heterocycles. The summed E-state index contributed by atoms with van der Waals surface area (Å²) in [7, 11) is 0. The Morgan fingerprint density at radius 1 is 1.11 bits per heavy atom. The van der Waals surface area contributed by atoms with Crippen molar-refractivity contribution in [1.82, 2.24) is 5.32 Å². The van der Waals surface area contributed by atoms with E-state index >= 15 is 0 Å². The second-order valence-electron chi connectivity index (χ2n) is 7.69. The first kappa shape index (κ1) is 20.2. The average Bonchev–Trinajstić information content (AvgIpc) is 2.72. The summed E-state index contributed by atoms with van der Waals surface area (Å²) in [5.41, 5.74) is 3.82. The van der Waals surface area contributed by atoms with Crippen LogP contribution in [0.25, 0.3) is 0 Å². The van der Waals surface area contributed by atoms with Gasteiger partial charge in [0.15, 0.2) is 0 Å². The lowest BCUT2D eigenvalue weighted by Gasteiger charge is -2.34. The molecule has 0 aromatic heterocycles. The Morgan fingerprint density at radius 2 is 1.75 bits per heavy atom. The minimum Gasteiger partial charge on any atom is -0.494 e. The molecule has 0 radical (unpaired) electrons. The molecule has 1 atom stereocenters. The highest BCUT2D eigenvalue weighted by molar-refractivity contribution is 5.73. The first-order valence-corrected chi connectivity index (χ1v) is 10.4. The zero-order chi connectivity index (χ0) is 19.9. The molecule has 0 bridgehead atoms. The van der Waals surface area contributed by atoms with E-state index in [1.165, 1.54) is 24.1 Å². The Hall–Kier alpha value is -2.49. The fourth-order valence-corrected chi connectivity index (χ4v) is 3.89. The van der Waals surface area contributed by atoms with Crippen molar-refractivity contribution in [3.8, 4) is 5.75 Å². The van der Waals surface area contributed by atoms with Crippen LogP contribution in [0.2, 0.25) is 0 Å². The smallest absolute Gasteiger partial charge is 0.217 e. The molecule has 2 aromatic carbocycles. The van der Waals surface area contributed by atoms with E-state index in [0.717, 1.165) is 37.4 Å². The van der Waals surface area contributed by atoms with Gasteiger partial charge in [-0.25, -0.2) is 0 Å².